The molecule has 7 heteroatoms. The number of amides is 1. The largest absolute Gasteiger partial charge is 0.378 e. The summed E-state index contributed by atoms with van der Waals surface area (Å²) in [5.41, 5.74) is 1.15. The highest BCUT2D eigenvalue weighted by Gasteiger charge is 2.34. The molecule has 0 bridgehead atoms. The van der Waals surface area contributed by atoms with Crippen LogP contribution in [0.3, 0.4) is 0 Å². The van der Waals surface area contributed by atoms with E-state index in [0.29, 0.717) is 57.1 Å². The van der Waals surface area contributed by atoms with Crippen molar-refractivity contribution in [3.63, 3.8) is 0 Å². The number of nitrogens with zero attached hydrogens (tertiary/aromatic N) is 2. The van der Waals surface area contributed by atoms with Gasteiger partial charge in [0, 0.05) is 32.1 Å². The van der Waals surface area contributed by atoms with Crippen LogP contribution in [0.1, 0.15) is 31.7 Å². The molecule has 2 saturated heterocycles. The average molecular weight is 381 g/mol. The van der Waals surface area contributed by atoms with Crippen molar-refractivity contribution in [3.05, 3.63) is 29.8 Å². The van der Waals surface area contributed by atoms with E-state index in [9.17, 15) is 13.2 Å². The van der Waals surface area contributed by atoms with Crippen LogP contribution >= 0.6 is 0 Å². The van der Waals surface area contributed by atoms with E-state index in [0.717, 1.165) is 18.4 Å². The predicted molar refractivity (Wildman–Crippen MR) is 99.3 cm³/mol. The number of sulfonamides is 1. The van der Waals surface area contributed by atoms with Crippen LogP contribution in [0.4, 0.5) is 0 Å². The lowest BCUT2D eigenvalue weighted by atomic mass is 9.96. The lowest BCUT2D eigenvalue weighted by Gasteiger charge is -2.35. The minimum absolute atomic E-state index is 0.0773. The molecular weight excluding hydrogens is 352 g/mol. The molecule has 144 valence electrons. The van der Waals surface area contributed by atoms with Crippen molar-refractivity contribution >= 4 is 15.9 Å². The molecule has 0 spiro atoms. The maximum absolute atomic E-state index is 12.8. The van der Waals surface area contributed by atoms with Crippen molar-refractivity contribution in [2.24, 2.45) is 5.92 Å². The van der Waals surface area contributed by atoms with Gasteiger partial charge in [0.1, 0.15) is 0 Å². The summed E-state index contributed by atoms with van der Waals surface area (Å²) in [5.74, 6) is 0.0701. The van der Waals surface area contributed by atoms with Gasteiger partial charge in [-0.1, -0.05) is 25.5 Å². The summed E-state index contributed by atoms with van der Waals surface area (Å²) in [6.07, 6.45) is 3.17. The van der Waals surface area contributed by atoms with Crippen LogP contribution in [0.25, 0.3) is 0 Å². The smallest absolute Gasteiger partial charge is 0.243 e. The molecule has 0 saturated carbocycles. The number of carbonyl (C=O) groups is 1. The summed E-state index contributed by atoms with van der Waals surface area (Å²) in [6, 6.07) is 7.19. The molecule has 6 nitrogen and oxygen atoms in total. The summed E-state index contributed by atoms with van der Waals surface area (Å²) in [7, 11) is -3.48. The maximum Gasteiger partial charge on any atom is 0.243 e. The zero-order valence-corrected chi connectivity index (χ0v) is 16.2. The zero-order chi connectivity index (χ0) is 18.6. The number of morpholine rings is 1. The van der Waals surface area contributed by atoms with E-state index in [-0.39, 0.29) is 11.8 Å². The lowest BCUT2D eigenvalue weighted by Crippen LogP contribution is -2.47. The van der Waals surface area contributed by atoms with Gasteiger partial charge in [-0.2, -0.15) is 4.31 Å². The minimum atomic E-state index is -3.48. The van der Waals surface area contributed by atoms with Gasteiger partial charge in [0.2, 0.25) is 15.9 Å². The first-order valence-corrected chi connectivity index (χ1v) is 10.9. The third-order valence-corrected chi connectivity index (χ3v) is 7.14. The third kappa shape index (κ3) is 4.27. The number of hydrogen-bond acceptors (Lipinski definition) is 4. The molecule has 0 N–H and O–H groups in total. The van der Waals surface area contributed by atoms with Gasteiger partial charge in [0.15, 0.2) is 0 Å². The summed E-state index contributed by atoms with van der Waals surface area (Å²) in [5, 5.41) is 0. The van der Waals surface area contributed by atoms with Gasteiger partial charge in [0.25, 0.3) is 0 Å². The molecule has 3 rings (SSSR count). The molecule has 2 fully saturated rings. The Kier molecular flexibility index (Phi) is 6.32. The highest BCUT2D eigenvalue weighted by atomic mass is 32.2. The number of piperidine rings is 1. The molecular formula is C19H28N2O4S. The molecule has 2 heterocycles. The number of aryl methyl sites for hydroxylation is 1. The fourth-order valence-electron chi connectivity index (χ4n) is 3.65. The molecule has 26 heavy (non-hydrogen) atoms. The first-order valence-electron chi connectivity index (χ1n) is 9.48. The molecule has 0 aromatic heterocycles. The molecule has 1 amide bonds. The van der Waals surface area contributed by atoms with Crippen molar-refractivity contribution in [3.8, 4) is 0 Å². The highest BCUT2D eigenvalue weighted by molar-refractivity contribution is 7.89. The van der Waals surface area contributed by atoms with E-state index < -0.39 is 10.0 Å². The number of carbonyl (C=O) groups excluding carboxylic acids is 1. The van der Waals surface area contributed by atoms with E-state index in [1.165, 1.54) is 4.31 Å². The van der Waals surface area contributed by atoms with E-state index in [1.807, 2.05) is 17.0 Å². The second kappa shape index (κ2) is 8.50. The van der Waals surface area contributed by atoms with Crippen molar-refractivity contribution in [2.75, 3.05) is 39.4 Å². The summed E-state index contributed by atoms with van der Waals surface area (Å²) >= 11 is 0. The quantitative estimate of drug-likeness (QED) is 0.782. The second-order valence-electron chi connectivity index (χ2n) is 7.01. The van der Waals surface area contributed by atoms with Crippen molar-refractivity contribution in [2.45, 2.75) is 37.5 Å². The number of benzene rings is 1. The van der Waals surface area contributed by atoms with E-state index >= 15 is 0 Å². The Morgan fingerprint density at radius 3 is 2.27 bits per heavy atom. The highest BCUT2D eigenvalue weighted by Crippen LogP contribution is 2.25. The Hall–Kier alpha value is -1.44. The van der Waals surface area contributed by atoms with Crippen LogP contribution in [-0.4, -0.2) is 62.9 Å². The van der Waals surface area contributed by atoms with Gasteiger partial charge in [-0.3, -0.25) is 4.79 Å². The zero-order valence-electron chi connectivity index (χ0n) is 15.4. The number of ether oxygens (including phenoxy) is 1. The molecule has 2 aliphatic rings. The molecule has 1 aromatic carbocycles. The van der Waals surface area contributed by atoms with Gasteiger partial charge < -0.3 is 9.64 Å². The predicted octanol–water partition coefficient (Wildman–Crippen LogP) is 1.90. The van der Waals surface area contributed by atoms with Crippen molar-refractivity contribution in [1.82, 2.24) is 9.21 Å². The molecule has 0 atom stereocenters. The summed E-state index contributed by atoms with van der Waals surface area (Å²) in [6.45, 7) is 5.37. The molecule has 1 aromatic rings. The summed E-state index contributed by atoms with van der Waals surface area (Å²) < 4.78 is 32.5. The van der Waals surface area contributed by atoms with Crippen LogP contribution < -0.4 is 0 Å². The van der Waals surface area contributed by atoms with Gasteiger partial charge >= 0.3 is 0 Å². The Balaban J connectivity index is 1.60. The molecule has 0 aliphatic carbocycles. The Morgan fingerprint density at radius 2 is 1.69 bits per heavy atom. The Labute approximate surface area is 156 Å². The van der Waals surface area contributed by atoms with Crippen LogP contribution in [0.5, 0.6) is 0 Å². The third-order valence-electron chi connectivity index (χ3n) is 5.23. The lowest BCUT2D eigenvalue weighted by molar-refractivity contribution is -0.140. The standard InChI is InChI=1S/C19H28N2O4S/c1-2-3-16-4-6-18(7-5-16)26(23,24)21-10-8-17(9-11-21)19(22)20-12-14-25-15-13-20/h4-7,17H,2-3,8-15H2,1H3. The number of rotatable bonds is 5. The topological polar surface area (TPSA) is 66.9 Å². The Bertz CT molecular complexity index is 704. The van der Waals surface area contributed by atoms with Crippen LogP contribution in [0.15, 0.2) is 29.2 Å². The minimum Gasteiger partial charge on any atom is -0.378 e. The SMILES string of the molecule is CCCc1ccc(S(=O)(=O)N2CCC(C(=O)N3CCOCC3)CC2)cc1. The first kappa shape index (κ1) is 19.3. The van der Waals surface area contributed by atoms with Crippen molar-refractivity contribution in [1.29, 1.82) is 0 Å². The molecule has 2 aliphatic heterocycles. The fourth-order valence-corrected chi connectivity index (χ4v) is 5.12. The average Bonchev–Trinajstić information content (AvgIpc) is 2.69. The first-order chi connectivity index (χ1) is 12.5. The normalized spacial score (nSPS) is 20.3. The number of hydrogen-bond donors (Lipinski definition) is 0. The molecule has 0 unspecified atom stereocenters. The van der Waals surface area contributed by atoms with Gasteiger partial charge in [0.05, 0.1) is 18.1 Å². The second-order valence-corrected chi connectivity index (χ2v) is 8.95. The van der Waals surface area contributed by atoms with Gasteiger partial charge in [-0.25, -0.2) is 8.42 Å². The van der Waals surface area contributed by atoms with Crippen LogP contribution in [-0.2, 0) is 26.0 Å². The Morgan fingerprint density at radius 1 is 1.08 bits per heavy atom. The summed E-state index contributed by atoms with van der Waals surface area (Å²) in [4.78, 5) is 14.8. The van der Waals surface area contributed by atoms with E-state index in [4.69, 9.17) is 4.74 Å². The van der Waals surface area contributed by atoms with Gasteiger partial charge in [-0.15, -0.1) is 0 Å². The van der Waals surface area contributed by atoms with Crippen LogP contribution in [0, 0.1) is 5.92 Å². The monoisotopic (exact) mass is 380 g/mol. The van der Waals surface area contributed by atoms with E-state index in [1.54, 1.807) is 12.1 Å². The van der Waals surface area contributed by atoms with Gasteiger partial charge in [-0.05, 0) is 37.0 Å². The molecule has 0 radical (unpaired) electrons. The maximum atomic E-state index is 12.8. The van der Waals surface area contributed by atoms with Crippen LogP contribution in [0.2, 0.25) is 0 Å². The van der Waals surface area contributed by atoms with E-state index in [2.05, 4.69) is 6.92 Å². The fraction of sp³-hybridized carbons (Fsp3) is 0.632. The van der Waals surface area contributed by atoms with Crippen molar-refractivity contribution < 1.29 is 17.9 Å².